The summed E-state index contributed by atoms with van der Waals surface area (Å²) in [7, 11) is 1.45. The van der Waals surface area contributed by atoms with Crippen LogP contribution in [0.1, 0.15) is 17.3 Å². The van der Waals surface area contributed by atoms with Crippen molar-refractivity contribution in [3.8, 4) is 5.75 Å². The van der Waals surface area contributed by atoms with E-state index in [1.807, 2.05) is 0 Å². The summed E-state index contributed by atoms with van der Waals surface area (Å²) >= 11 is 0. The Morgan fingerprint density at radius 1 is 1.33 bits per heavy atom. The summed E-state index contributed by atoms with van der Waals surface area (Å²) < 4.78 is 23.1. The van der Waals surface area contributed by atoms with Crippen LogP contribution in [0.3, 0.4) is 0 Å². The van der Waals surface area contributed by atoms with Gasteiger partial charge < -0.3 is 19.9 Å². The minimum absolute atomic E-state index is 0.124. The Balaban J connectivity index is 1.82. The van der Waals surface area contributed by atoms with Crippen molar-refractivity contribution in [3.63, 3.8) is 0 Å². The quantitative estimate of drug-likeness (QED) is 0.872. The molecule has 0 aliphatic carbocycles. The van der Waals surface area contributed by atoms with Crippen molar-refractivity contribution < 1.29 is 18.4 Å². The highest BCUT2D eigenvalue weighted by Gasteiger charge is 2.06. The molecule has 0 saturated carbocycles. The van der Waals surface area contributed by atoms with Crippen molar-refractivity contribution in [2.45, 2.75) is 20.0 Å². The smallest absolute Gasteiger partial charge is 0.315 e. The number of nitrogens with zero attached hydrogens (tertiary/aromatic N) is 2. The van der Waals surface area contributed by atoms with Gasteiger partial charge in [0.15, 0.2) is 5.82 Å². The maximum atomic E-state index is 13.3. The lowest BCUT2D eigenvalue weighted by Gasteiger charge is -2.08. The summed E-state index contributed by atoms with van der Waals surface area (Å²) in [4.78, 5) is 15.5. The van der Waals surface area contributed by atoms with Gasteiger partial charge in [-0.1, -0.05) is 5.16 Å². The summed E-state index contributed by atoms with van der Waals surface area (Å²) in [6.45, 7) is 1.98. The van der Waals surface area contributed by atoms with E-state index >= 15 is 0 Å². The number of rotatable bonds is 5. The van der Waals surface area contributed by atoms with E-state index in [1.54, 1.807) is 13.0 Å². The van der Waals surface area contributed by atoms with E-state index in [1.165, 1.54) is 19.2 Å². The Labute approximate surface area is 120 Å². The fourth-order valence-corrected chi connectivity index (χ4v) is 1.65. The SMILES string of the molecule is COc1cc(F)cc(CNC(=O)NCc2nc(C)no2)c1. The van der Waals surface area contributed by atoms with Crippen LogP contribution in [0, 0.1) is 12.7 Å². The standard InChI is InChI=1S/C13H15FN4O3/c1-8-17-12(21-18-8)7-16-13(19)15-6-9-3-10(14)5-11(4-9)20-2/h3-5H,6-7H2,1-2H3,(H2,15,16,19). The molecule has 21 heavy (non-hydrogen) atoms. The van der Waals surface area contributed by atoms with Crippen molar-refractivity contribution in [2.75, 3.05) is 7.11 Å². The van der Waals surface area contributed by atoms with Gasteiger partial charge in [0, 0.05) is 12.6 Å². The van der Waals surface area contributed by atoms with Crippen LogP contribution in [-0.4, -0.2) is 23.3 Å². The first-order valence-corrected chi connectivity index (χ1v) is 6.21. The van der Waals surface area contributed by atoms with Crippen molar-refractivity contribution in [1.29, 1.82) is 0 Å². The average Bonchev–Trinajstić information content (AvgIpc) is 2.88. The van der Waals surface area contributed by atoms with E-state index in [9.17, 15) is 9.18 Å². The van der Waals surface area contributed by atoms with E-state index < -0.39 is 11.8 Å². The van der Waals surface area contributed by atoms with Gasteiger partial charge in [0.25, 0.3) is 0 Å². The Morgan fingerprint density at radius 2 is 2.10 bits per heavy atom. The molecule has 1 heterocycles. The second-order valence-corrected chi connectivity index (χ2v) is 4.27. The third kappa shape index (κ3) is 4.44. The Bertz CT molecular complexity index is 630. The first kappa shape index (κ1) is 14.8. The highest BCUT2D eigenvalue weighted by atomic mass is 19.1. The lowest BCUT2D eigenvalue weighted by molar-refractivity contribution is 0.238. The number of halogens is 1. The third-order valence-electron chi connectivity index (χ3n) is 2.59. The molecule has 0 atom stereocenters. The van der Waals surface area contributed by atoms with Crippen LogP contribution in [0.4, 0.5) is 9.18 Å². The third-order valence-corrected chi connectivity index (χ3v) is 2.59. The van der Waals surface area contributed by atoms with Gasteiger partial charge in [-0.3, -0.25) is 0 Å². The first-order chi connectivity index (χ1) is 10.1. The van der Waals surface area contributed by atoms with Gasteiger partial charge >= 0.3 is 6.03 Å². The number of aryl methyl sites for hydroxylation is 1. The molecule has 0 saturated heterocycles. The maximum Gasteiger partial charge on any atom is 0.315 e. The number of ether oxygens (including phenoxy) is 1. The van der Waals surface area contributed by atoms with E-state index in [0.717, 1.165) is 0 Å². The van der Waals surface area contributed by atoms with Crippen LogP contribution in [0.2, 0.25) is 0 Å². The molecule has 7 nitrogen and oxygen atoms in total. The molecule has 0 fully saturated rings. The van der Waals surface area contributed by atoms with Crippen LogP contribution in [0.5, 0.6) is 5.75 Å². The van der Waals surface area contributed by atoms with E-state index in [-0.39, 0.29) is 13.1 Å². The second-order valence-electron chi connectivity index (χ2n) is 4.27. The lowest BCUT2D eigenvalue weighted by Crippen LogP contribution is -2.34. The molecule has 0 aliphatic rings. The number of methoxy groups -OCH3 is 1. The number of urea groups is 1. The van der Waals surface area contributed by atoms with Crippen LogP contribution in [0.15, 0.2) is 22.7 Å². The van der Waals surface area contributed by atoms with Gasteiger partial charge in [0.2, 0.25) is 5.89 Å². The van der Waals surface area contributed by atoms with Crippen LogP contribution in [0.25, 0.3) is 0 Å². The molecule has 0 aliphatic heterocycles. The molecule has 112 valence electrons. The van der Waals surface area contributed by atoms with Crippen molar-refractivity contribution in [2.24, 2.45) is 0 Å². The Kier molecular flexibility index (Phi) is 4.70. The van der Waals surface area contributed by atoms with Gasteiger partial charge in [-0.05, 0) is 24.6 Å². The predicted molar refractivity (Wildman–Crippen MR) is 71.1 cm³/mol. The summed E-state index contributed by atoms with van der Waals surface area (Å²) in [5.74, 6) is 0.788. The zero-order valence-corrected chi connectivity index (χ0v) is 11.6. The molecule has 2 aromatic rings. The summed E-state index contributed by atoms with van der Waals surface area (Å²) in [6.07, 6.45) is 0. The average molecular weight is 294 g/mol. The highest BCUT2D eigenvalue weighted by molar-refractivity contribution is 5.73. The zero-order chi connectivity index (χ0) is 15.2. The number of nitrogens with one attached hydrogen (secondary N) is 2. The molecule has 2 N–H and O–H groups in total. The molecular weight excluding hydrogens is 279 g/mol. The van der Waals surface area contributed by atoms with Gasteiger partial charge in [-0.25, -0.2) is 9.18 Å². The minimum Gasteiger partial charge on any atom is -0.497 e. The molecule has 0 unspecified atom stereocenters. The lowest BCUT2D eigenvalue weighted by atomic mass is 10.2. The number of carbonyl (C=O) groups is 1. The molecule has 1 aromatic heterocycles. The fourth-order valence-electron chi connectivity index (χ4n) is 1.65. The number of hydrogen-bond acceptors (Lipinski definition) is 5. The zero-order valence-electron chi connectivity index (χ0n) is 11.6. The largest absolute Gasteiger partial charge is 0.497 e. The molecule has 2 amide bonds. The second kappa shape index (κ2) is 6.69. The number of amides is 2. The van der Waals surface area contributed by atoms with Gasteiger partial charge in [-0.2, -0.15) is 4.98 Å². The molecule has 0 bridgehead atoms. The Hall–Kier alpha value is -2.64. The van der Waals surface area contributed by atoms with Crippen molar-refractivity contribution in [1.82, 2.24) is 20.8 Å². The molecule has 0 radical (unpaired) electrons. The number of hydrogen-bond donors (Lipinski definition) is 2. The maximum absolute atomic E-state index is 13.3. The van der Waals surface area contributed by atoms with Crippen LogP contribution in [-0.2, 0) is 13.1 Å². The van der Waals surface area contributed by atoms with Crippen molar-refractivity contribution >= 4 is 6.03 Å². The fraction of sp³-hybridized carbons (Fsp3) is 0.308. The normalized spacial score (nSPS) is 10.2. The minimum atomic E-state index is -0.423. The summed E-state index contributed by atoms with van der Waals surface area (Å²) in [5, 5.41) is 8.75. The Morgan fingerprint density at radius 3 is 2.76 bits per heavy atom. The molecule has 8 heteroatoms. The molecule has 1 aromatic carbocycles. The van der Waals surface area contributed by atoms with Gasteiger partial charge in [0.05, 0.1) is 13.7 Å². The molecular formula is C13H15FN4O3. The predicted octanol–water partition coefficient (Wildman–Crippen LogP) is 1.53. The van der Waals surface area contributed by atoms with E-state index in [4.69, 9.17) is 9.26 Å². The van der Waals surface area contributed by atoms with Crippen LogP contribution >= 0.6 is 0 Å². The summed E-state index contributed by atoms with van der Waals surface area (Å²) in [6, 6.07) is 3.81. The number of aromatic nitrogens is 2. The van der Waals surface area contributed by atoms with Gasteiger partial charge in [0.1, 0.15) is 11.6 Å². The number of carbonyl (C=O) groups excluding carboxylic acids is 1. The number of benzene rings is 1. The summed E-state index contributed by atoms with van der Waals surface area (Å²) in [5.41, 5.74) is 0.593. The molecule has 0 spiro atoms. The van der Waals surface area contributed by atoms with E-state index in [0.29, 0.717) is 23.0 Å². The molecule has 2 rings (SSSR count). The van der Waals surface area contributed by atoms with Crippen molar-refractivity contribution in [3.05, 3.63) is 41.3 Å². The topological polar surface area (TPSA) is 89.3 Å². The van der Waals surface area contributed by atoms with Gasteiger partial charge in [-0.15, -0.1) is 0 Å². The van der Waals surface area contributed by atoms with E-state index in [2.05, 4.69) is 20.8 Å². The highest BCUT2D eigenvalue weighted by Crippen LogP contribution is 2.15. The monoisotopic (exact) mass is 294 g/mol. The van der Waals surface area contributed by atoms with Crippen LogP contribution < -0.4 is 15.4 Å². The first-order valence-electron chi connectivity index (χ1n) is 6.21.